The van der Waals surface area contributed by atoms with E-state index in [9.17, 15) is 14.3 Å². The Labute approximate surface area is 92.7 Å². The Morgan fingerprint density at radius 1 is 1.69 bits per heavy atom. The van der Waals surface area contributed by atoms with E-state index in [0.717, 1.165) is 0 Å². The number of amides is 1. The third-order valence-corrected chi connectivity index (χ3v) is 2.73. The van der Waals surface area contributed by atoms with Crippen LogP contribution in [0.4, 0.5) is 4.39 Å². The van der Waals surface area contributed by atoms with Gasteiger partial charge in [0, 0.05) is 19.3 Å². The molecule has 0 saturated carbocycles. The van der Waals surface area contributed by atoms with Gasteiger partial charge in [0.05, 0.1) is 11.2 Å². The molecule has 1 unspecified atom stereocenters. The third-order valence-electron chi connectivity index (χ3n) is 2.73. The van der Waals surface area contributed by atoms with Gasteiger partial charge in [-0.3, -0.25) is 4.79 Å². The summed E-state index contributed by atoms with van der Waals surface area (Å²) in [6.45, 7) is 2.35. The maximum Gasteiger partial charge on any atom is 0.258 e. The van der Waals surface area contributed by atoms with Crippen molar-refractivity contribution in [3.63, 3.8) is 0 Å². The van der Waals surface area contributed by atoms with Crippen LogP contribution in [0.2, 0.25) is 0 Å². The lowest BCUT2D eigenvalue weighted by Crippen LogP contribution is -2.34. The first kappa shape index (κ1) is 11.0. The average Bonchev–Trinajstić information content (AvgIpc) is 2.59. The van der Waals surface area contributed by atoms with Crippen molar-refractivity contribution in [2.45, 2.75) is 18.9 Å². The van der Waals surface area contributed by atoms with Crippen LogP contribution in [-0.2, 0) is 0 Å². The van der Waals surface area contributed by atoms with Crippen LogP contribution in [-0.4, -0.2) is 39.6 Å². The quantitative estimate of drug-likeness (QED) is 0.718. The summed E-state index contributed by atoms with van der Waals surface area (Å²) in [6, 6.07) is 2.92. The summed E-state index contributed by atoms with van der Waals surface area (Å²) in [5, 5.41) is 9.73. The zero-order valence-corrected chi connectivity index (χ0v) is 8.98. The molecule has 0 radical (unpaired) electrons. The van der Waals surface area contributed by atoms with Crippen molar-refractivity contribution in [1.29, 1.82) is 0 Å². The van der Waals surface area contributed by atoms with Gasteiger partial charge in [0.25, 0.3) is 5.91 Å². The second-order valence-electron chi connectivity index (χ2n) is 4.32. The number of aromatic nitrogens is 1. The molecule has 1 aromatic rings. The molecule has 2 heterocycles. The molecule has 16 heavy (non-hydrogen) atoms. The smallest absolute Gasteiger partial charge is 0.258 e. The summed E-state index contributed by atoms with van der Waals surface area (Å²) in [5.41, 5.74) is -0.908. The van der Waals surface area contributed by atoms with Gasteiger partial charge in [0.2, 0.25) is 5.95 Å². The second-order valence-corrected chi connectivity index (χ2v) is 4.32. The van der Waals surface area contributed by atoms with E-state index in [1.54, 1.807) is 6.92 Å². The lowest BCUT2D eigenvalue weighted by molar-refractivity contribution is 0.0569. The molecule has 1 fully saturated rings. The van der Waals surface area contributed by atoms with Crippen molar-refractivity contribution in [3.8, 4) is 0 Å². The fourth-order valence-corrected chi connectivity index (χ4v) is 1.83. The van der Waals surface area contributed by atoms with Crippen LogP contribution in [0, 0.1) is 5.95 Å². The minimum absolute atomic E-state index is 0.0415. The first-order valence-corrected chi connectivity index (χ1v) is 5.12. The van der Waals surface area contributed by atoms with Crippen molar-refractivity contribution in [3.05, 3.63) is 29.8 Å². The highest BCUT2D eigenvalue weighted by Gasteiger charge is 2.35. The number of pyridine rings is 1. The summed E-state index contributed by atoms with van der Waals surface area (Å²) in [6.07, 6.45) is 1.81. The van der Waals surface area contributed by atoms with Crippen LogP contribution < -0.4 is 0 Å². The predicted molar refractivity (Wildman–Crippen MR) is 55.3 cm³/mol. The molecular weight excluding hydrogens is 211 g/mol. The number of nitrogens with zero attached hydrogens (tertiary/aromatic N) is 2. The molecule has 86 valence electrons. The summed E-state index contributed by atoms with van der Waals surface area (Å²) in [5.74, 6) is -1.18. The van der Waals surface area contributed by atoms with E-state index in [-0.39, 0.29) is 12.1 Å². The Morgan fingerprint density at radius 3 is 3.00 bits per heavy atom. The van der Waals surface area contributed by atoms with Crippen LogP contribution in [0.3, 0.4) is 0 Å². The molecule has 1 aromatic heterocycles. The molecular formula is C11H13FN2O2. The maximum atomic E-state index is 13.3. The number of carbonyl (C=O) groups excluding carboxylic acids is 1. The van der Waals surface area contributed by atoms with Crippen LogP contribution in [0.5, 0.6) is 0 Å². The maximum absolute atomic E-state index is 13.3. The molecule has 2 rings (SSSR count). The Kier molecular flexibility index (Phi) is 2.63. The SMILES string of the molecule is CC1(O)CCN(C(=O)c2cccnc2F)C1. The number of carbonyl (C=O) groups is 1. The van der Waals surface area contributed by atoms with Gasteiger partial charge < -0.3 is 10.0 Å². The zero-order chi connectivity index (χ0) is 11.8. The van der Waals surface area contributed by atoms with Gasteiger partial charge >= 0.3 is 0 Å². The van der Waals surface area contributed by atoms with E-state index >= 15 is 0 Å². The zero-order valence-electron chi connectivity index (χ0n) is 8.98. The number of hydrogen-bond acceptors (Lipinski definition) is 3. The molecule has 1 amide bonds. The number of hydrogen-bond donors (Lipinski definition) is 1. The van der Waals surface area contributed by atoms with Gasteiger partial charge in [-0.2, -0.15) is 4.39 Å². The van der Waals surface area contributed by atoms with E-state index in [0.29, 0.717) is 13.0 Å². The minimum atomic E-state index is -0.867. The van der Waals surface area contributed by atoms with Crippen molar-refractivity contribution < 1.29 is 14.3 Å². The highest BCUT2D eigenvalue weighted by atomic mass is 19.1. The normalized spacial score (nSPS) is 24.8. The lowest BCUT2D eigenvalue weighted by atomic mass is 10.1. The average molecular weight is 224 g/mol. The predicted octanol–water partition coefficient (Wildman–Crippen LogP) is 0.818. The molecule has 1 aliphatic rings. The fraction of sp³-hybridized carbons (Fsp3) is 0.455. The van der Waals surface area contributed by atoms with Crippen LogP contribution in [0.25, 0.3) is 0 Å². The summed E-state index contributed by atoms with van der Waals surface area (Å²) in [4.78, 5) is 16.8. The molecule has 1 aliphatic heterocycles. The van der Waals surface area contributed by atoms with Gasteiger partial charge in [-0.05, 0) is 25.5 Å². The number of rotatable bonds is 1. The summed E-state index contributed by atoms with van der Waals surface area (Å²) >= 11 is 0. The number of halogens is 1. The van der Waals surface area contributed by atoms with E-state index < -0.39 is 17.5 Å². The van der Waals surface area contributed by atoms with Gasteiger partial charge in [0.1, 0.15) is 0 Å². The molecule has 0 spiro atoms. The number of likely N-dealkylation sites (tertiary alicyclic amines) is 1. The van der Waals surface area contributed by atoms with Crippen molar-refractivity contribution in [1.82, 2.24) is 9.88 Å². The Morgan fingerprint density at radius 2 is 2.44 bits per heavy atom. The van der Waals surface area contributed by atoms with Gasteiger partial charge in [-0.25, -0.2) is 4.98 Å². The number of aliphatic hydroxyl groups is 1. The largest absolute Gasteiger partial charge is 0.388 e. The van der Waals surface area contributed by atoms with E-state index in [2.05, 4.69) is 4.98 Å². The first-order chi connectivity index (χ1) is 7.49. The molecule has 5 heteroatoms. The third kappa shape index (κ3) is 2.04. The van der Waals surface area contributed by atoms with Gasteiger partial charge in [-0.15, -0.1) is 0 Å². The summed E-state index contributed by atoms with van der Waals surface area (Å²) in [7, 11) is 0. The van der Waals surface area contributed by atoms with E-state index in [1.807, 2.05) is 0 Å². The van der Waals surface area contributed by atoms with E-state index in [4.69, 9.17) is 0 Å². The van der Waals surface area contributed by atoms with Crippen molar-refractivity contribution >= 4 is 5.91 Å². The number of β-amino-alcohol motifs (C(OH)–C–C–N with tert-alkyl or cyclic N) is 1. The van der Waals surface area contributed by atoms with E-state index in [1.165, 1.54) is 23.2 Å². The van der Waals surface area contributed by atoms with Gasteiger partial charge in [0.15, 0.2) is 0 Å². The minimum Gasteiger partial charge on any atom is -0.388 e. The molecule has 1 atom stereocenters. The Balaban J connectivity index is 2.18. The molecule has 0 aromatic carbocycles. The molecule has 1 N–H and O–H groups in total. The van der Waals surface area contributed by atoms with Crippen molar-refractivity contribution in [2.75, 3.05) is 13.1 Å². The molecule has 0 aliphatic carbocycles. The molecule has 0 bridgehead atoms. The van der Waals surface area contributed by atoms with Gasteiger partial charge in [-0.1, -0.05) is 0 Å². The fourth-order valence-electron chi connectivity index (χ4n) is 1.83. The van der Waals surface area contributed by atoms with Crippen molar-refractivity contribution in [2.24, 2.45) is 0 Å². The highest BCUT2D eigenvalue weighted by molar-refractivity contribution is 5.94. The lowest BCUT2D eigenvalue weighted by Gasteiger charge is -2.18. The van der Waals surface area contributed by atoms with Crippen LogP contribution in [0.1, 0.15) is 23.7 Å². The second kappa shape index (κ2) is 3.83. The standard InChI is InChI=1S/C11H13FN2O2/c1-11(16)4-6-14(7-11)10(15)8-3-2-5-13-9(8)12/h2-3,5,16H,4,6-7H2,1H3. The van der Waals surface area contributed by atoms with Crippen LogP contribution in [0.15, 0.2) is 18.3 Å². The summed E-state index contributed by atoms with van der Waals surface area (Å²) < 4.78 is 13.3. The molecule has 1 saturated heterocycles. The van der Waals surface area contributed by atoms with Crippen LogP contribution >= 0.6 is 0 Å². The Bertz CT molecular complexity index is 420. The first-order valence-electron chi connectivity index (χ1n) is 5.12. The Hall–Kier alpha value is -1.49. The highest BCUT2D eigenvalue weighted by Crippen LogP contribution is 2.22. The topological polar surface area (TPSA) is 53.4 Å². The monoisotopic (exact) mass is 224 g/mol. The molecule has 4 nitrogen and oxygen atoms in total.